The number of ether oxygens (including phenoxy) is 2. The third kappa shape index (κ3) is 2.94. The first-order valence-corrected chi connectivity index (χ1v) is 6.69. The second-order valence-corrected chi connectivity index (χ2v) is 5.13. The van der Waals surface area contributed by atoms with E-state index in [0.717, 1.165) is 11.1 Å². The topological polar surface area (TPSA) is 44.5 Å². The van der Waals surface area contributed by atoms with Gasteiger partial charge in [0.2, 0.25) is 0 Å². The molecule has 2 aromatic rings. The molecule has 0 saturated carbocycles. The molecule has 0 saturated heterocycles. The lowest BCUT2D eigenvalue weighted by Gasteiger charge is -2.29. The highest BCUT2D eigenvalue weighted by atomic mass is 16.5. The fraction of sp³-hybridized carbons (Fsp3) is 0.294. The summed E-state index contributed by atoms with van der Waals surface area (Å²) in [5, 5.41) is 0. The Morgan fingerprint density at radius 3 is 2.30 bits per heavy atom. The van der Waals surface area contributed by atoms with Crippen molar-refractivity contribution in [2.24, 2.45) is 5.73 Å². The molecule has 2 aromatic carbocycles. The van der Waals surface area contributed by atoms with E-state index in [2.05, 4.69) is 12.1 Å². The molecule has 0 heterocycles. The van der Waals surface area contributed by atoms with Crippen LogP contribution in [0.1, 0.15) is 25.0 Å². The van der Waals surface area contributed by atoms with E-state index in [-0.39, 0.29) is 0 Å². The number of hydrogen-bond acceptors (Lipinski definition) is 3. The minimum atomic E-state index is -0.459. The van der Waals surface area contributed by atoms with E-state index in [1.807, 2.05) is 50.2 Å². The first-order valence-electron chi connectivity index (χ1n) is 6.69. The standard InChI is InChI=1S/C17H21NO2/c1-17(2,14-9-5-4-6-10-14)20-16-13(12-18)8-7-11-15(16)19-3/h4-11H,12,18H2,1-3H3. The van der Waals surface area contributed by atoms with Gasteiger partial charge in [0.1, 0.15) is 5.60 Å². The average molecular weight is 271 g/mol. The van der Waals surface area contributed by atoms with Crippen molar-refractivity contribution in [1.82, 2.24) is 0 Å². The van der Waals surface area contributed by atoms with Crippen LogP contribution >= 0.6 is 0 Å². The summed E-state index contributed by atoms with van der Waals surface area (Å²) >= 11 is 0. The van der Waals surface area contributed by atoms with Gasteiger partial charge in [-0.3, -0.25) is 0 Å². The Kier molecular flexibility index (Phi) is 4.30. The van der Waals surface area contributed by atoms with Crippen molar-refractivity contribution >= 4 is 0 Å². The van der Waals surface area contributed by atoms with Gasteiger partial charge in [-0.05, 0) is 25.5 Å². The zero-order valence-electron chi connectivity index (χ0n) is 12.2. The van der Waals surface area contributed by atoms with Crippen LogP contribution in [0.5, 0.6) is 11.5 Å². The summed E-state index contributed by atoms with van der Waals surface area (Å²) in [6.45, 7) is 4.49. The first kappa shape index (κ1) is 14.4. The molecule has 0 bridgehead atoms. The third-order valence-electron chi connectivity index (χ3n) is 3.33. The number of hydrogen-bond donors (Lipinski definition) is 1. The first-order chi connectivity index (χ1) is 9.58. The number of nitrogens with two attached hydrogens (primary N) is 1. The molecular formula is C17H21NO2. The molecule has 0 aliphatic heterocycles. The zero-order chi connectivity index (χ0) is 14.6. The molecule has 2 rings (SSSR count). The molecular weight excluding hydrogens is 250 g/mol. The molecule has 0 aromatic heterocycles. The van der Waals surface area contributed by atoms with E-state index < -0.39 is 5.60 Å². The summed E-state index contributed by atoms with van der Waals surface area (Å²) < 4.78 is 11.6. The predicted octanol–water partition coefficient (Wildman–Crippen LogP) is 3.47. The van der Waals surface area contributed by atoms with Crippen molar-refractivity contribution in [2.45, 2.75) is 26.0 Å². The molecule has 2 N–H and O–H groups in total. The molecule has 20 heavy (non-hydrogen) atoms. The molecule has 0 fully saturated rings. The van der Waals surface area contributed by atoms with Crippen LogP contribution in [0.4, 0.5) is 0 Å². The van der Waals surface area contributed by atoms with Crippen LogP contribution in [0.15, 0.2) is 48.5 Å². The Labute approximate surface area is 120 Å². The molecule has 0 aliphatic rings. The molecule has 0 radical (unpaired) electrons. The van der Waals surface area contributed by atoms with Crippen LogP contribution in [0.3, 0.4) is 0 Å². The lowest BCUT2D eigenvalue weighted by atomic mass is 9.98. The minimum absolute atomic E-state index is 0.414. The van der Waals surface area contributed by atoms with Crippen molar-refractivity contribution in [3.8, 4) is 11.5 Å². The van der Waals surface area contributed by atoms with Crippen molar-refractivity contribution in [3.05, 3.63) is 59.7 Å². The van der Waals surface area contributed by atoms with Gasteiger partial charge in [-0.15, -0.1) is 0 Å². The Hall–Kier alpha value is -2.00. The normalized spacial score (nSPS) is 11.2. The lowest BCUT2D eigenvalue weighted by Crippen LogP contribution is -2.26. The summed E-state index contributed by atoms with van der Waals surface area (Å²) in [5.41, 5.74) is 7.38. The fourth-order valence-electron chi connectivity index (χ4n) is 2.15. The van der Waals surface area contributed by atoms with Crippen LogP contribution in [0.2, 0.25) is 0 Å². The molecule has 0 spiro atoms. The van der Waals surface area contributed by atoms with Crippen molar-refractivity contribution in [3.63, 3.8) is 0 Å². The number of rotatable bonds is 5. The third-order valence-corrected chi connectivity index (χ3v) is 3.33. The van der Waals surface area contributed by atoms with E-state index >= 15 is 0 Å². The molecule has 0 atom stereocenters. The van der Waals surface area contributed by atoms with E-state index in [1.165, 1.54) is 0 Å². The number of methoxy groups -OCH3 is 1. The van der Waals surface area contributed by atoms with Crippen LogP contribution in [-0.2, 0) is 12.1 Å². The fourth-order valence-corrected chi connectivity index (χ4v) is 2.15. The molecule has 0 amide bonds. The Morgan fingerprint density at radius 1 is 1.00 bits per heavy atom. The van der Waals surface area contributed by atoms with Crippen molar-refractivity contribution in [2.75, 3.05) is 7.11 Å². The maximum atomic E-state index is 6.23. The van der Waals surface area contributed by atoms with Crippen molar-refractivity contribution < 1.29 is 9.47 Å². The number of benzene rings is 2. The van der Waals surface area contributed by atoms with Gasteiger partial charge in [0.15, 0.2) is 11.5 Å². The van der Waals surface area contributed by atoms with Gasteiger partial charge in [-0.2, -0.15) is 0 Å². The van der Waals surface area contributed by atoms with Gasteiger partial charge >= 0.3 is 0 Å². The van der Waals surface area contributed by atoms with E-state index in [4.69, 9.17) is 15.2 Å². The Bertz CT molecular complexity index is 542. The van der Waals surface area contributed by atoms with E-state index in [9.17, 15) is 0 Å². The highest BCUT2D eigenvalue weighted by molar-refractivity contribution is 5.47. The highest BCUT2D eigenvalue weighted by Gasteiger charge is 2.25. The van der Waals surface area contributed by atoms with Gasteiger partial charge in [0.25, 0.3) is 0 Å². The minimum Gasteiger partial charge on any atom is -0.493 e. The molecule has 0 aliphatic carbocycles. The van der Waals surface area contributed by atoms with Crippen LogP contribution in [0, 0.1) is 0 Å². The van der Waals surface area contributed by atoms with Gasteiger partial charge in [0.05, 0.1) is 7.11 Å². The monoisotopic (exact) mass is 271 g/mol. The predicted molar refractivity (Wildman–Crippen MR) is 81.0 cm³/mol. The lowest BCUT2D eigenvalue weighted by molar-refractivity contribution is 0.102. The Balaban J connectivity index is 2.38. The second-order valence-electron chi connectivity index (χ2n) is 5.13. The molecule has 3 heteroatoms. The summed E-state index contributed by atoms with van der Waals surface area (Å²) in [6, 6.07) is 15.9. The van der Waals surface area contributed by atoms with E-state index in [0.29, 0.717) is 18.0 Å². The van der Waals surface area contributed by atoms with Crippen LogP contribution in [-0.4, -0.2) is 7.11 Å². The number of para-hydroxylation sites is 1. The van der Waals surface area contributed by atoms with Gasteiger partial charge in [0, 0.05) is 12.1 Å². The van der Waals surface area contributed by atoms with Crippen molar-refractivity contribution in [1.29, 1.82) is 0 Å². The van der Waals surface area contributed by atoms with Crippen LogP contribution < -0.4 is 15.2 Å². The van der Waals surface area contributed by atoms with Gasteiger partial charge in [-0.1, -0.05) is 42.5 Å². The molecule has 3 nitrogen and oxygen atoms in total. The maximum absolute atomic E-state index is 6.23. The quantitative estimate of drug-likeness (QED) is 0.905. The summed E-state index contributed by atoms with van der Waals surface area (Å²) in [6.07, 6.45) is 0. The smallest absolute Gasteiger partial charge is 0.166 e. The summed E-state index contributed by atoms with van der Waals surface area (Å²) in [4.78, 5) is 0. The largest absolute Gasteiger partial charge is 0.493 e. The second kappa shape index (κ2) is 5.97. The van der Waals surface area contributed by atoms with Gasteiger partial charge < -0.3 is 15.2 Å². The van der Waals surface area contributed by atoms with Crippen LogP contribution in [0.25, 0.3) is 0 Å². The maximum Gasteiger partial charge on any atom is 0.166 e. The average Bonchev–Trinajstić information content (AvgIpc) is 2.48. The van der Waals surface area contributed by atoms with Gasteiger partial charge in [-0.25, -0.2) is 0 Å². The SMILES string of the molecule is COc1cccc(CN)c1OC(C)(C)c1ccccc1. The highest BCUT2D eigenvalue weighted by Crippen LogP contribution is 2.36. The molecule has 0 unspecified atom stereocenters. The summed E-state index contributed by atoms with van der Waals surface area (Å²) in [5.74, 6) is 1.42. The summed E-state index contributed by atoms with van der Waals surface area (Å²) in [7, 11) is 1.64. The Morgan fingerprint density at radius 2 is 1.70 bits per heavy atom. The van der Waals surface area contributed by atoms with E-state index in [1.54, 1.807) is 7.11 Å². The zero-order valence-corrected chi connectivity index (χ0v) is 12.2. The molecule has 106 valence electrons.